The van der Waals surface area contributed by atoms with Crippen molar-refractivity contribution in [1.82, 2.24) is 14.7 Å². The summed E-state index contributed by atoms with van der Waals surface area (Å²) >= 11 is 0. The summed E-state index contributed by atoms with van der Waals surface area (Å²) in [5.41, 5.74) is 0. The zero-order chi connectivity index (χ0) is 13.4. The number of aromatic nitrogens is 2. The van der Waals surface area contributed by atoms with Gasteiger partial charge in [0, 0.05) is 38.4 Å². The number of methoxy groups -OCH3 is 1. The minimum absolute atomic E-state index is 0.0249. The van der Waals surface area contributed by atoms with E-state index in [0.29, 0.717) is 26.1 Å². The molecule has 1 aromatic rings. The number of carbonyl (C=O) groups excluding carboxylic acids is 2. The maximum Gasteiger partial charge on any atom is 0.307 e. The highest BCUT2D eigenvalue weighted by molar-refractivity contribution is 5.77. The van der Waals surface area contributed by atoms with Gasteiger partial charge in [-0.15, -0.1) is 0 Å². The van der Waals surface area contributed by atoms with Gasteiger partial charge >= 0.3 is 5.97 Å². The standard InChI is InChI=1S/C12H19N3O3/c1-3-14(9-6-12(17)18-2)11(16)5-10-15-8-4-7-13-15/h4,7-8H,3,5-6,9-10H2,1-2H3. The van der Waals surface area contributed by atoms with E-state index in [1.165, 1.54) is 7.11 Å². The van der Waals surface area contributed by atoms with Crippen LogP contribution < -0.4 is 0 Å². The van der Waals surface area contributed by atoms with Crippen molar-refractivity contribution in [2.45, 2.75) is 26.3 Å². The van der Waals surface area contributed by atoms with Crippen LogP contribution in [0.1, 0.15) is 19.8 Å². The van der Waals surface area contributed by atoms with Crippen LogP contribution in [0.5, 0.6) is 0 Å². The Bertz CT molecular complexity index is 376. The van der Waals surface area contributed by atoms with Crippen LogP contribution in [-0.2, 0) is 20.9 Å². The molecule has 0 radical (unpaired) electrons. The van der Waals surface area contributed by atoms with Crippen molar-refractivity contribution >= 4 is 11.9 Å². The predicted octanol–water partition coefficient (Wildman–Crippen LogP) is 0.685. The molecule has 0 aliphatic carbocycles. The van der Waals surface area contributed by atoms with Crippen LogP contribution in [0.3, 0.4) is 0 Å². The molecule has 0 saturated carbocycles. The number of hydrogen-bond acceptors (Lipinski definition) is 4. The zero-order valence-corrected chi connectivity index (χ0v) is 10.8. The molecule has 0 aromatic carbocycles. The molecular formula is C12H19N3O3. The smallest absolute Gasteiger partial charge is 0.307 e. The summed E-state index contributed by atoms with van der Waals surface area (Å²) in [6.45, 7) is 3.44. The van der Waals surface area contributed by atoms with Crippen LogP contribution in [0.2, 0.25) is 0 Å². The van der Waals surface area contributed by atoms with Gasteiger partial charge in [-0.25, -0.2) is 0 Å². The summed E-state index contributed by atoms with van der Waals surface area (Å²) in [6, 6.07) is 1.82. The lowest BCUT2D eigenvalue weighted by Gasteiger charge is -2.20. The maximum atomic E-state index is 11.9. The fourth-order valence-corrected chi connectivity index (χ4v) is 1.59. The highest BCUT2D eigenvalue weighted by atomic mass is 16.5. The summed E-state index contributed by atoms with van der Waals surface area (Å²) < 4.78 is 6.27. The highest BCUT2D eigenvalue weighted by Crippen LogP contribution is 1.99. The molecule has 100 valence electrons. The minimum atomic E-state index is -0.298. The lowest BCUT2D eigenvalue weighted by atomic mass is 10.3. The molecule has 0 spiro atoms. The molecule has 1 heterocycles. The topological polar surface area (TPSA) is 64.4 Å². The van der Waals surface area contributed by atoms with Crippen LogP contribution in [0.15, 0.2) is 18.5 Å². The first-order valence-electron chi connectivity index (χ1n) is 5.99. The van der Waals surface area contributed by atoms with Gasteiger partial charge in [-0.05, 0) is 13.0 Å². The van der Waals surface area contributed by atoms with E-state index in [1.54, 1.807) is 15.8 Å². The summed E-state index contributed by atoms with van der Waals surface area (Å²) in [4.78, 5) is 24.6. The largest absolute Gasteiger partial charge is 0.469 e. The average molecular weight is 253 g/mol. The Labute approximate surface area is 107 Å². The summed E-state index contributed by atoms with van der Waals surface area (Å²) in [5, 5.41) is 4.03. The number of ether oxygens (including phenoxy) is 1. The summed E-state index contributed by atoms with van der Waals surface area (Å²) in [6.07, 6.45) is 4.12. The molecule has 0 saturated heterocycles. The normalized spacial score (nSPS) is 10.1. The molecule has 1 aromatic heterocycles. The SMILES string of the molecule is CCN(CCC(=O)OC)C(=O)CCn1cccn1. The number of amides is 1. The van der Waals surface area contributed by atoms with E-state index < -0.39 is 0 Å². The second-order valence-corrected chi connectivity index (χ2v) is 3.82. The van der Waals surface area contributed by atoms with Crippen molar-refractivity contribution in [3.8, 4) is 0 Å². The van der Waals surface area contributed by atoms with Gasteiger partial charge in [0.2, 0.25) is 5.91 Å². The third-order valence-corrected chi connectivity index (χ3v) is 2.66. The summed E-state index contributed by atoms with van der Waals surface area (Å²) in [5.74, 6) is -0.273. The molecule has 0 aliphatic heterocycles. The number of hydrogen-bond donors (Lipinski definition) is 0. The number of carbonyl (C=O) groups is 2. The quantitative estimate of drug-likeness (QED) is 0.670. The van der Waals surface area contributed by atoms with Crippen molar-refractivity contribution in [1.29, 1.82) is 0 Å². The van der Waals surface area contributed by atoms with E-state index in [4.69, 9.17) is 0 Å². The second kappa shape index (κ2) is 7.47. The molecule has 0 N–H and O–H groups in total. The molecule has 0 bridgehead atoms. The molecule has 0 atom stereocenters. The number of rotatable bonds is 7. The summed E-state index contributed by atoms with van der Waals surface area (Å²) in [7, 11) is 1.35. The Hall–Kier alpha value is -1.85. The van der Waals surface area contributed by atoms with Crippen LogP contribution >= 0.6 is 0 Å². The average Bonchev–Trinajstić information content (AvgIpc) is 2.89. The lowest BCUT2D eigenvalue weighted by Crippen LogP contribution is -2.33. The Kier molecular flexibility index (Phi) is 5.90. The van der Waals surface area contributed by atoms with Crippen molar-refractivity contribution in [3.05, 3.63) is 18.5 Å². The molecule has 6 nitrogen and oxygen atoms in total. The van der Waals surface area contributed by atoms with Gasteiger partial charge in [0.25, 0.3) is 0 Å². The maximum absolute atomic E-state index is 11.9. The van der Waals surface area contributed by atoms with Crippen LogP contribution in [-0.4, -0.2) is 46.8 Å². The van der Waals surface area contributed by atoms with E-state index in [1.807, 2.05) is 19.2 Å². The van der Waals surface area contributed by atoms with Crippen LogP contribution in [0.25, 0.3) is 0 Å². The fraction of sp³-hybridized carbons (Fsp3) is 0.583. The Morgan fingerprint density at radius 1 is 1.39 bits per heavy atom. The van der Waals surface area contributed by atoms with E-state index in [9.17, 15) is 9.59 Å². The van der Waals surface area contributed by atoms with E-state index in [-0.39, 0.29) is 18.3 Å². The molecule has 0 unspecified atom stereocenters. The second-order valence-electron chi connectivity index (χ2n) is 3.82. The van der Waals surface area contributed by atoms with Crippen molar-refractivity contribution in [3.63, 3.8) is 0 Å². The third-order valence-electron chi connectivity index (χ3n) is 2.66. The van der Waals surface area contributed by atoms with Gasteiger partial charge < -0.3 is 9.64 Å². The number of aryl methyl sites for hydroxylation is 1. The van der Waals surface area contributed by atoms with Crippen molar-refractivity contribution < 1.29 is 14.3 Å². The van der Waals surface area contributed by atoms with Gasteiger partial charge in [0.05, 0.1) is 13.5 Å². The Morgan fingerprint density at radius 2 is 2.17 bits per heavy atom. The Balaban J connectivity index is 2.34. The van der Waals surface area contributed by atoms with Gasteiger partial charge in [0.15, 0.2) is 0 Å². The molecule has 1 rings (SSSR count). The third kappa shape index (κ3) is 4.57. The van der Waals surface area contributed by atoms with Gasteiger partial charge in [-0.2, -0.15) is 5.10 Å². The highest BCUT2D eigenvalue weighted by Gasteiger charge is 2.13. The molecular weight excluding hydrogens is 234 g/mol. The van der Waals surface area contributed by atoms with E-state index in [0.717, 1.165) is 0 Å². The predicted molar refractivity (Wildman–Crippen MR) is 65.7 cm³/mol. The number of nitrogens with zero attached hydrogens (tertiary/aromatic N) is 3. The van der Waals surface area contributed by atoms with Crippen LogP contribution in [0.4, 0.5) is 0 Å². The fourth-order valence-electron chi connectivity index (χ4n) is 1.59. The number of esters is 1. The van der Waals surface area contributed by atoms with Crippen molar-refractivity contribution in [2.24, 2.45) is 0 Å². The lowest BCUT2D eigenvalue weighted by molar-refractivity contribution is -0.141. The van der Waals surface area contributed by atoms with E-state index >= 15 is 0 Å². The van der Waals surface area contributed by atoms with Gasteiger partial charge in [0.1, 0.15) is 0 Å². The monoisotopic (exact) mass is 253 g/mol. The van der Waals surface area contributed by atoms with Crippen LogP contribution in [0, 0.1) is 0 Å². The molecule has 1 amide bonds. The van der Waals surface area contributed by atoms with Crippen molar-refractivity contribution in [2.75, 3.05) is 20.2 Å². The first kappa shape index (κ1) is 14.2. The molecule has 6 heteroatoms. The Morgan fingerprint density at radius 3 is 2.72 bits per heavy atom. The van der Waals surface area contributed by atoms with Gasteiger partial charge in [-0.3, -0.25) is 14.3 Å². The zero-order valence-electron chi connectivity index (χ0n) is 10.8. The molecule has 0 fully saturated rings. The molecule has 0 aliphatic rings. The van der Waals surface area contributed by atoms with Gasteiger partial charge in [-0.1, -0.05) is 0 Å². The molecule has 18 heavy (non-hydrogen) atoms. The first-order valence-corrected chi connectivity index (χ1v) is 5.99. The minimum Gasteiger partial charge on any atom is -0.469 e. The van der Waals surface area contributed by atoms with E-state index in [2.05, 4.69) is 9.84 Å². The first-order chi connectivity index (χ1) is 8.67.